The van der Waals surface area contributed by atoms with Gasteiger partial charge in [-0.15, -0.1) is 11.3 Å². The van der Waals surface area contributed by atoms with E-state index in [2.05, 4.69) is 10.4 Å². The Morgan fingerprint density at radius 3 is 2.91 bits per heavy atom. The number of nitrogens with one attached hydrogen (secondary N) is 1. The third kappa shape index (κ3) is 3.40. The number of furan rings is 1. The van der Waals surface area contributed by atoms with Gasteiger partial charge in [-0.2, -0.15) is 5.10 Å². The number of amides is 1. The van der Waals surface area contributed by atoms with Crippen LogP contribution in [0.25, 0.3) is 10.6 Å². The van der Waals surface area contributed by atoms with E-state index < -0.39 is 0 Å². The summed E-state index contributed by atoms with van der Waals surface area (Å²) in [5, 5.41) is 9.09. The standard InChI is InChI=1S/C16H15N3O3S/c1-11(10-17-16(21)13-4-2-8-22-13)19-15(20)7-6-12(18-19)14-5-3-9-23-14/h2-9,11H,10H2,1H3,(H,17,21). The van der Waals surface area contributed by atoms with Gasteiger partial charge in [-0.3, -0.25) is 9.59 Å². The number of thiophene rings is 1. The van der Waals surface area contributed by atoms with Crippen LogP contribution >= 0.6 is 11.3 Å². The van der Waals surface area contributed by atoms with Crippen LogP contribution in [0.5, 0.6) is 0 Å². The van der Waals surface area contributed by atoms with E-state index in [-0.39, 0.29) is 29.8 Å². The highest BCUT2D eigenvalue weighted by Crippen LogP contribution is 2.21. The fraction of sp³-hybridized carbons (Fsp3) is 0.188. The lowest BCUT2D eigenvalue weighted by atomic mass is 10.3. The molecule has 0 spiro atoms. The molecule has 3 heterocycles. The van der Waals surface area contributed by atoms with Crippen LogP contribution in [0.4, 0.5) is 0 Å². The van der Waals surface area contributed by atoms with Crippen molar-refractivity contribution in [3.05, 3.63) is 64.2 Å². The van der Waals surface area contributed by atoms with E-state index in [1.54, 1.807) is 29.5 Å². The maximum absolute atomic E-state index is 12.0. The lowest BCUT2D eigenvalue weighted by molar-refractivity contribution is 0.0920. The average molecular weight is 329 g/mol. The molecule has 0 saturated heterocycles. The molecule has 1 N–H and O–H groups in total. The first-order valence-corrected chi connectivity index (χ1v) is 7.98. The molecule has 0 aromatic carbocycles. The number of nitrogens with zero attached hydrogens (tertiary/aromatic N) is 2. The Labute approximate surface area is 136 Å². The Morgan fingerprint density at radius 2 is 2.22 bits per heavy atom. The lowest BCUT2D eigenvalue weighted by Gasteiger charge is -2.15. The topological polar surface area (TPSA) is 77.1 Å². The van der Waals surface area contributed by atoms with Gasteiger partial charge in [0, 0.05) is 12.6 Å². The predicted octanol–water partition coefficient (Wildman–Crippen LogP) is 2.56. The first-order chi connectivity index (χ1) is 11.1. The van der Waals surface area contributed by atoms with E-state index in [4.69, 9.17) is 4.42 Å². The summed E-state index contributed by atoms with van der Waals surface area (Å²) in [5.41, 5.74) is 0.536. The van der Waals surface area contributed by atoms with Crippen LogP contribution in [-0.2, 0) is 0 Å². The predicted molar refractivity (Wildman–Crippen MR) is 87.6 cm³/mol. The smallest absolute Gasteiger partial charge is 0.287 e. The molecule has 23 heavy (non-hydrogen) atoms. The fourth-order valence-electron chi connectivity index (χ4n) is 2.12. The molecule has 0 saturated carbocycles. The van der Waals surface area contributed by atoms with Crippen LogP contribution in [0.15, 0.2) is 57.3 Å². The van der Waals surface area contributed by atoms with Crippen molar-refractivity contribution >= 4 is 17.2 Å². The number of hydrogen-bond donors (Lipinski definition) is 1. The minimum absolute atomic E-state index is 0.204. The molecule has 0 fully saturated rings. The highest BCUT2D eigenvalue weighted by atomic mass is 32.1. The SMILES string of the molecule is CC(CNC(=O)c1ccco1)n1nc(-c2cccs2)ccc1=O. The first-order valence-electron chi connectivity index (χ1n) is 7.10. The normalized spacial score (nSPS) is 12.0. The van der Waals surface area contributed by atoms with E-state index in [1.165, 1.54) is 17.0 Å². The molecule has 0 bridgehead atoms. The van der Waals surface area contributed by atoms with E-state index in [0.717, 1.165) is 10.6 Å². The average Bonchev–Trinajstić information content (AvgIpc) is 3.25. The Morgan fingerprint density at radius 1 is 1.35 bits per heavy atom. The molecule has 0 radical (unpaired) electrons. The second kappa shape index (κ2) is 6.62. The summed E-state index contributed by atoms with van der Waals surface area (Å²) < 4.78 is 6.42. The summed E-state index contributed by atoms with van der Waals surface area (Å²) in [6, 6.07) is 10.0. The molecule has 6 nitrogen and oxygen atoms in total. The van der Waals surface area contributed by atoms with Crippen molar-refractivity contribution in [3.8, 4) is 10.6 Å². The van der Waals surface area contributed by atoms with Gasteiger partial charge in [0.1, 0.15) is 5.69 Å². The molecule has 0 aliphatic carbocycles. The molecule has 3 aromatic heterocycles. The van der Waals surface area contributed by atoms with Crippen LogP contribution in [-0.4, -0.2) is 22.2 Å². The second-order valence-corrected chi connectivity index (χ2v) is 5.96. The van der Waals surface area contributed by atoms with E-state index in [9.17, 15) is 9.59 Å². The summed E-state index contributed by atoms with van der Waals surface area (Å²) >= 11 is 1.56. The van der Waals surface area contributed by atoms with Gasteiger partial charge in [-0.25, -0.2) is 4.68 Å². The van der Waals surface area contributed by atoms with Crippen molar-refractivity contribution in [2.45, 2.75) is 13.0 Å². The third-order valence-corrected chi connectivity index (χ3v) is 4.21. The van der Waals surface area contributed by atoms with Gasteiger partial charge in [-0.1, -0.05) is 6.07 Å². The number of carbonyl (C=O) groups is 1. The Bertz CT molecular complexity index is 838. The third-order valence-electron chi connectivity index (χ3n) is 3.32. The van der Waals surface area contributed by atoms with Crippen molar-refractivity contribution < 1.29 is 9.21 Å². The summed E-state index contributed by atoms with van der Waals surface area (Å²) in [6.45, 7) is 2.11. The van der Waals surface area contributed by atoms with Gasteiger partial charge in [-0.05, 0) is 36.6 Å². The van der Waals surface area contributed by atoms with E-state index in [0.29, 0.717) is 0 Å². The van der Waals surface area contributed by atoms with Gasteiger partial charge >= 0.3 is 0 Å². The Balaban J connectivity index is 1.74. The van der Waals surface area contributed by atoms with Crippen LogP contribution in [0, 0.1) is 0 Å². The van der Waals surface area contributed by atoms with Crippen molar-refractivity contribution in [2.75, 3.05) is 6.54 Å². The summed E-state index contributed by atoms with van der Waals surface area (Å²) in [7, 11) is 0. The quantitative estimate of drug-likeness (QED) is 0.780. The van der Waals surface area contributed by atoms with E-state index in [1.807, 2.05) is 24.4 Å². The second-order valence-electron chi connectivity index (χ2n) is 5.02. The zero-order valence-corrected chi connectivity index (χ0v) is 13.2. The maximum atomic E-state index is 12.0. The highest BCUT2D eigenvalue weighted by Gasteiger charge is 2.13. The minimum Gasteiger partial charge on any atom is -0.459 e. The molecular formula is C16H15N3O3S. The van der Waals surface area contributed by atoms with Gasteiger partial charge < -0.3 is 9.73 Å². The summed E-state index contributed by atoms with van der Waals surface area (Å²) in [6.07, 6.45) is 1.44. The number of rotatable bonds is 5. The van der Waals surface area contributed by atoms with Crippen molar-refractivity contribution in [2.24, 2.45) is 0 Å². The molecule has 1 unspecified atom stereocenters. The molecule has 1 atom stereocenters. The molecule has 7 heteroatoms. The summed E-state index contributed by atoms with van der Waals surface area (Å²) in [5.74, 6) is -0.0749. The Kier molecular flexibility index (Phi) is 4.38. The van der Waals surface area contributed by atoms with Gasteiger partial charge in [0.25, 0.3) is 11.5 Å². The molecule has 0 aliphatic rings. The van der Waals surface area contributed by atoms with Crippen molar-refractivity contribution in [1.29, 1.82) is 0 Å². The van der Waals surface area contributed by atoms with Crippen molar-refractivity contribution in [3.63, 3.8) is 0 Å². The summed E-state index contributed by atoms with van der Waals surface area (Å²) in [4.78, 5) is 24.9. The number of aromatic nitrogens is 2. The zero-order valence-electron chi connectivity index (χ0n) is 12.4. The lowest BCUT2D eigenvalue weighted by Crippen LogP contribution is -2.34. The minimum atomic E-state index is -0.315. The fourth-order valence-corrected chi connectivity index (χ4v) is 2.81. The highest BCUT2D eigenvalue weighted by molar-refractivity contribution is 7.13. The molecule has 3 aromatic rings. The first kappa shape index (κ1) is 15.2. The van der Waals surface area contributed by atoms with Crippen molar-refractivity contribution in [1.82, 2.24) is 15.1 Å². The number of carbonyl (C=O) groups excluding carboxylic acids is 1. The maximum Gasteiger partial charge on any atom is 0.287 e. The molecule has 1 amide bonds. The van der Waals surface area contributed by atoms with Gasteiger partial charge in [0.2, 0.25) is 0 Å². The largest absolute Gasteiger partial charge is 0.459 e. The van der Waals surface area contributed by atoms with Crippen LogP contribution < -0.4 is 10.9 Å². The molecule has 3 rings (SSSR count). The van der Waals surface area contributed by atoms with Crippen LogP contribution in [0.2, 0.25) is 0 Å². The Hall–Kier alpha value is -2.67. The van der Waals surface area contributed by atoms with Gasteiger partial charge in [0.15, 0.2) is 5.76 Å². The van der Waals surface area contributed by atoms with E-state index >= 15 is 0 Å². The molecular weight excluding hydrogens is 314 g/mol. The monoisotopic (exact) mass is 329 g/mol. The molecule has 0 aliphatic heterocycles. The van der Waals surface area contributed by atoms with Crippen LogP contribution in [0.1, 0.15) is 23.5 Å². The van der Waals surface area contributed by atoms with Crippen LogP contribution in [0.3, 0.4) is 0 Å². The molecule has 118 valence electrons. The van der Waals surface area contributed by atoms with Gasteiger partial charge in [0.05, 0.1) is 17.2 Å². The number of hydrogen-bond acceptors (Lipinski definition) is 5. The zero-order chi connectivity index (χ0) is 16.2.